The Balaban J connectivity index is 1.72. The molecule has 2 aromatic heterocycles. The number of benzene rings is 1. The summed E-state index contributed by atoms with van der Waals surface area (Å²) in [5.74, 6) is 0.116. The first kappa shape index (κ1) is 16.4. The molecule has 0 radical (unpaired) electrons. The number of nitrogens with zero attached hydrogens (tertiary/aromatic N) is 2. The van der Waals surface area contributed by atoms with Gasteiger partial charge in [-0.1, -0.05) is 22.9 Å². The third kappa shape index (κ3) is 4.08. The normalized spacial score (nSPS) is 10.3. The average molecular weight is 336 g/mol. The number of anilines is 2. The van der Waals surface area contributed by atoms with Crippen molar-refractivity contribution in [1.29, 1.82) is 0 Å². The topological polar surface area (TPSA) is 97.1 Å². The Morgan fingerprint density at radius 3 is 2.16 bits per heavy atom. The molecule has 0 spiro atoms. The summed E-state index contributed by atoms with van der Waals surface area (Å²) >= 11 is 0. The molecule has 25 heavy (non-hydrogen) atoms. The Hall–Kier alpha value is -3.48. The predicted molar refractivity (Wildman–Crippen MR) is 92.6 cm³/mol. The van der Waals surface area contributed by atoms with Gasteiger partial charge in [-0.25, -0.2) is 0 Å². The third-order valence-electron chi connectivity index (χ3n) is 3.44. The van der Waals surface area contributed by atoms with E-state index >= 15 is 0 Å². The molecule has 2 heterocycles. The number of pyridine rings is 1. The van der Waals surface area contributed by atoms with E-state index in [9.17, 15) is 9.59 Å². The fraction of sp³-hybridized carbons (Fsp3) is 0.111. The molecular formula is C18H16N4O3. The van der Waals surface area contributed by atoms with E-state index in [-0.39, 0.29) is 17.0 Å². The fourth-order valence-corrected chi connectivity index (χ4v) is 2.14. The van der Waals surface area contributed by atoms with Crippen LogP contribution in [0.2, 0.25) is 0 Å². The molecule has 0 aliphatic carbocycles. The van der Waals surface area contributed by atoms with E-state index in [1.165, 1.54) is 18.5 Å². The summed E-state index contributed by atoms with van der Waals surface area (Å²) in [5, 5.41) is 9.05. The summed E-state index contributed by atoms with van der Waals surface area (Å²) in [6.07, 6.45) is 2.78. The molecule has 0 unspecified atom stereocenters. The monoisotopic (exact) mass is 336 g/mol. The smallest absolute Gasteiger partial charge is 0.258 e. The van der Waals surface area contributed by atoms with Crippen molar-refractivity contribution >= 4 is 23.3 Å². The molecule has 1 aromatic carbocycles. The summed E-state index contributed by atoms with van der Waals surface area (Å²) in [4.78, 5) is 28.5. The zero-order valence-corrected chi connectivity index (χ0v) is 13.7. The Morgan fingerprint density at radius 1 is 0.920 bits per heavy atom. The lowest BCUT2D eigenvalue weighted by atomic mass is 10.1. The number of aryl methyl sites for hydroxylation is 2. The molecule has 0 saturated carbocycles. The highest BCUT2D eigenvalue weighted by Crippen LogP contribution is 2.13. The lowest BCUT2D eigenvalue weighted by molar-refractivity contribution is 0.102. The van der Waals surface area contributed by atoms with Crippen molar-refractivity contribution in [3.63, 3.8) is 0 Å². The molecule has 0 saturated heterocycles. The summed E-state index contributed by atoms with van der Waals surface area (Å²) in [6, 6.07) is 10.5. The highest BCUT2D eigenvalue weighted by Gasteiger charge is 2.13. The zero-order chi connectivity index (χ0) is 17.8. The Kier molecular flexibility index (Phi) is 4.56. The van der Waals surface area contributed by atoms with Gasteiger partial charge in [0.15, 0.2) is 5.82 Å². The van der Waals surface area contributed by atoms with Crippen LogP contribution in [-0.4, -0.2) is 22.0 Å². The number of carbonyl (C=O) groups excluding carboxylic acids is 2. The summed E-state index contributed by atoms with van der Waals surface area (Å²) in [5.41, 5.74) is 2.30. The molecule has 126 valence electrons. The van der Waals surface area contributed by atoms with E-state index in [1.807, 2.05) is 31.2 Å². The second kappa shape index (κ2) is 6.96. The number of nitrogens with one attached hydrogen (secondary N) is 2. The molecule has 0 bridgehead atoms. The van der Waals surface area contributed by atoms with Gasteiger partial charge in [0.05, 0.1) is 11.1 Å². The summed E-state index contributed by atoms with van der Waals surface area (Å²) < 4.78 is 4.89. The first-order valence-corrected chi connectivity index (χ1v) is 7.59. The van der Waals surface area contributed by atoms with E-state index < -0.39 is 5.91 Å². The van der Waals surface area contributed by atoms with Crippen LogP contribution in [0.5, 0.6) is 0 Å². The number of carbonyl (C=O) groups is 2. The van der Waals surface area contributed by atoms with Crippen molar-refractivity contribution in [3.8, 4) is 0 Å². The van der Waals surface area contributed by atoms with Crippen LogP contribution in [0.25, 0.3) is 0 Å². The molecule has 0 aliphatic rings. The summed E-state index contributed by atoms with van der Waals surface area (Å²) in [7, 11) is 0. The van der Waals surface area contributed by atoms with Gasteiger partial charge in [0, 0.05) is 24.1 Å². The van der Waals surface area contributed by atoms with Crippen molar-refractivity contribution in [3.05, 3.63) is 71.2 Å². The van der Waals surface area contributed by atoms with Gasteiger partial charge in [0.2, 0.25) is 0 Å². The maximum atomic E-state index is 12.3. The minimum Gasteiger partial charge on any atom is -0.360 e. The van der Waals surface area contributed by atoms with Gasteiger partial charge in [-0.2, -0.15) is 0 Å². The maximum absolute atomic E-state index is 12.3. The number of hydrogen-bond acceptors (Lipinski definition) is 5. The summed E-state index contributed by atoms with van der Waals surface area (Å²) in [6.45, 7) is 3.69. The van der Waals surface area contributed by atoms with Crippen LogP contribution in [0.15, 0.2) is 53.3 Å². The van der Waals surface area contributed by atoms with Gasteiger partial charge in [-0.15, -0.1) is 0 Å². The lowest BCUT2D eigenvalue weighted by Gasteiger charge is -2.07. The van der Waals surface area contributed by atoms with E-state index in [1.54, 1.807) is 13.0 Å². The van der Waals surface area contributed by atoms with Gasteiger partial charge in [0.25, 0.3) is 11.8 Å². The molecule has 0 aliphatic heterocycles. The molecule has 3 aromatic rings. The van der Waals surface area contributed by atoms with Gasteiger partial charge < -0.3 is 15.2 Å². The Labute approximate surface area is 144 Å². The molecule has 7 heteroatoms. The van der Waals surface area contributed by atoms with Crippen molar-refractivity contribution in [2.45, 2.75) is 13.8 Å². The first-order valence-electron chi connectivity index (χ1n) is 7.59. The number of amides is 2. The molecular weight excluding hydrogens is 320 g/mol. The van der Waals surface area contributed by atoms with E-state index in [0.717, 1.165) is 5.56 Å². The molecule has 0 fully saturated rings. The standard InChI is InChI=1S/C18H16N4O3/c1-11-3-5-15(6-4-11)20-17(23)13-8-14(10-19-9-13)18(24)21-16-7-12(2)25-22-16/h3-10H,1-2H3,(H,20,23)(H,21,22,24). The van der Waals surface area contributed by atoms with Crippen molar-refractivity contribution in [2.24, 2.45) is 0 Å². The molecule has 2 N–H and O–H groups in total. The van der Waals surface area contributed by atoms with Gasteiger partial charge in [-0.3, -0.25) is 14.6 Å². The van der Waals surface area contributed by atoms with Crippen LogP contribution in [0.1, 0.15) is 32.0 Å². The molecule has 2 amide bonds. The van der Waals surface area contributed by atoms with Crippen molar-refractivity contribution in [1.82, 2.24) is 10.1 Å². The van der Waals surface area contributed by atoms with Gasteiger partial charge in [-0.05, 0) is 32.0 Å². The average Bonchev–Trinajstić information content (AvgIpc) is 3.02. The van der Waals surface area contributed by atoms with E-state index in [4.69, 9.17) is 4.52 Å². The minimum atomic E-state index is -0.425. The van der Waals surface area contributed by atoms with E-state index in [0.29, 0.717) is 17.3 Å². The van der Waals surface area contributed by atoms with Gasteiger partial charge in [0.1, 0.15) is 5.76 Å². The first-order chi connectivity index (χ1) is 12.0. The van der Waals surface area contributed by atoms with Crippen LogP contribution in [0, 0.1) is 13.8 Å². The zero-order valence-electron chi connectivity index (χ0n) is 13.7. The van der Waals surface area contributed by atoms with Crippen LogP contribution in [0.3, 0.4) is 0 Å². The van der Waals surface area contributed by atoms with Gasteiger partial charge >= 0.3 is 0 Å². The quantitative estimate of drug-likeness (QED) is 0.762. The highest BCUT2D eigenvalue weighted by atomic mass is 16.5. The number of hydrogen-bond donors (Lipinski definition) is 2. The Morgan fingerprint density at radius 2 is 1.56 bits per heavy atom. The van der Waals surface area contributed by atoms with Crippen LogP contribution in [0.4, 0.5) is 11.5 Å². The third-order valence-corrected chi connectivity index (χ3v) is 3.44. The maximum Gasteiger partial charge on any atom is 0.258 e. The van der Waals surface area contributed by atoms with Crippen LogP contribution < -0.4 is 10.6 Å². The molecule has 3 rings (SSSR count). The highest BCUT2D eigenvalue weighted by molar-refractivity contribution is 6.08. The molecule has 0 atom stereocenters. The number of aromatic nitrogens is 2. The molecule has 7 nitrogen and oxygen atoms in total. The SMILES string of the molecule is Cc1ccc(NC(=O)c2cncc(C(=O)Nc3cc(C)on3)c2)cc1. The van der Waals surface area contributed by atoms with Crippen molar-refractivity contribution < 1.29 is 14.1 Å². The second-order valence-corrected chi connectivity index (χ2v) is 5.56. The van der Waals surface area contributed by atoms with Crippen molar-refractivity contribution in [2.75, 3.05) is 10.6 Å². The Bertz CT molecular complexity index is 916. The number of rotatable bonds is 4. The minimum absolute atomic E-state index is 0.247. The fourth-order valence-electron chi connectivity index (χ4n) is 2.14. The second-order valence-electron chi connectivity index (χ2n) is 5.56. The van der Waals surface area contributed by atoms with Crippen LogP contribution >= 0.6 is 0 Å². The predicted octanol–water partition coefficient (Wildman–Crippen LogP) is 3.19. The lowest BCUT2D eigenvalue weighted by Crippen LogP contribution is -2.16. The largest absolute Gasteiger partial charge is 0.360 e. The van der Waals surface area contributed by atoms with E-state index in [2.05, 4.69) is 20.8 Å². The van der Waals surface area contributed by atoms with Crippen LogP contribution in [-0.2, 0) is 0 Å².